The summed E-state index contributed by atoms with van der Waals surface area (Å²) in [6, 6.07) is 5.80. The van der Waals surface area contributed by atoms with Crippen molar-refractivity contribution in [2.75, 3.05) is 13.7 Å². The molecular weight excluding hydrogens is 284 g/mol. The summed E-state index contributed by atoms with van der Waals surface area (Å²) >= 11 is 3.39. The van der Waals surface area contributed by atoms with Crippen LogP contribution in [0.4, 0.5) is 0 Å². The minimum atomic E-state index is -0.424. The molecular formula is C13H15BrO3. The highest BCUT2D eigenvalue weighted by Crippen LogP contribution is 2.40. The highest BCUT2D eigenvalue weighted by molar-refractivity contribution is 9.09. The molecule has 2 rings (SSSR count). The number of ether oxygens (including phenoxy) is 2. The van der Waals surface area contributed by atoms with Crippen LogP contribution < -0.4 is 4.74 Å². The Morgan fingerprint density at radius 2 is 2.35 bits per heavy atom. The molecule has 3 nitrogen and oxygen atoms in total. The van der Waals surface area contributed by atoms with Gasteiger partial charge in [0.15, 0.2) is 0 Å². The number of fused-ring (bicyclic) bond motifs is 1. The number of hydrogen-bond donors (Lipinski definition) is 0. The average Bonchev–Trinajstić information content (AvgIpc) is 2.36. The van der Waals surface area contributed by atoms with Crippen LogP contribution in [0.1, 0.15) is 35.2 Å². The second kappa shape index (κ2) is 5.08. The highest BCUT2D eigenvalue weighted by atomic mass is 79.9. The first-order valence-electron chi connectivity index (χ1n) is 5.62. The average molecular weight is 299 g/mol. The Morgan fingerprint density at radius 1 is 1.59 bits per heavy atom. The minimum Gasteiger partial charge on any atom is -0.493 e. The van der Waals surface area contributed by atoms with E-state index in [0.29, 0.717) is 5.92 Å². The number of carbonyl (C=O) groups excluding carboxylic acids is 1. The summed E-state index contributed by atoms with van der Waals surface area (Å²) in [5.74, 6) is 1.01. The molecule has 92 valence electrons. The number of esters is 1. The van der Waals surface area contributed by atoms with Crippen LogP contribution in [0.3, 0.4) is 0 Å². The molecule has 0 saturated heterocycles. The maximum Gasteiger partial charge on any atom is 0.324 e. The van der Waals surface area contributed by atoms with E-state index in [9.17, 15) is 4.79 Å². The molecule has 1 aliphatic heterocycles. The number of halogens is 1. The zero-order valence-electron chi connectivity index (χ0n) is 9.90. The van der Waals surface area contributed by atoms with Crippen LogP contribution in [0.2, 0.25) is 0 Å². The van der Waals surface area contributed by atoms with Crippen molar-refractivity contribution in [3.05, 3.63) is 29.3 Å². The third-order valence-electron chi connectivity index (χ3n) is 3.08. The van der Waals surface area contributed by atoms with Gasteiger partial charge in [-0.05, 0) is 24.0 Å². The Labute approximate surface area is 109 Å². The molecule has 2 atom stereocenters. The Bertz CT molecular complexity index is 431. The van der Waals surface area contributed by atoms with Gasteiger partial charge >= 0.3 is 5.97 Å². The van der Waals surface area contributed by atoms with E-state index >= 15 is 0 Å². The molecule has 0 amide bonds. The maximum absolute atomic E-state index is 11.6. The zero-order valence-corrected chi connectivity index (χ0v) is 11.5. The normalized spacial score (nSPS) is 20.1. The largest absolute Gasteiger partial charge is 0.493 e. The first-order chi connectivity index (χ1) is 8.15. The quantitative estimate of drug-likeness (QED) is 0.621. The van der Waals surface area contributed by atoms with Gasteiger partial charge in [-0.1, -0.05) is 35.0 Å². The lowest BCUT2D eigenvalue weighted by Crippen LogP contribution is -2.17. The van der Waals surface area contributed by atoms with Crippen LogP contribution in [0.5, 0.6) is 5.75 Å². The Hall–Kier alpha value is -1.03. The smallest absolute Gasteiger partial charge is 0.324 e. The number of methoxy groups -OCH3 is 1. The molecule has 0 bridgehead atoms. The molecule has 1 unspecified atom stereocenters. The first-order valence-corrected chi connectivity index (χ1v) is 6.54. The molecule has 1 aliphatic rings. The lowest BCUT2D eigenvalue weighted by Gasteiger charge is -2.26. The van der Waals surface area contributed by atoms with Crippen molar-refractivity contribution < 1.29 is 14.3 Å². The molecule has 0 aliphatic carbocycles. The Morgan fingerprint density at radius 3 is 3.06 bits per heavy atom. The third kappa shape index (κ3) is 2.32. The standard InChI is InChI=1S/C13H15BrO3/c1-8-6-7-17-10-5-3-4-9(11(8)10)12(14)13(15)16-2/h3-5,8,12H,6-7H2,1-2H3/t8-,12?/m0/s1. The van der Waals surface area contributed by atoms with Crippen LogP contribution in [-0.2, 0) is 9.53 Å². The van der Waals surface area contributed by atoms with E-state index in [-0.39, 0.29) is 5.97 Å². The van der Waals surface area contributed by atoms with Gasteiger partial charge in [0.05, 0.1) is 13.7 Å². The summed E-state index contributed by atoms with van der Waals surface area (Å²) in [7, 11) is 1.39. The second-order valence-corrected chi connectivity index (χ2v) is 5.10. The van der Waals surface area contributed by atoms with Crippen molar-refractivity contribution in [2.45, 2.75) is 24.1 Å². The van der Waals surface area contributed by atoms with Gasteiger partial charge in [-0.25, -0.2) is 0 Å². The Kier molecular flexibility index (Phi) is 3.72. The van der Waals surface area contributed by atoms with E-state index in [1.54, 1.807) is 0 Å². The highest BCUT2D eigenvalue weighted by Gasteiger charge is 2.27. The summed E-state index contributed by atoms with van der Waals surface area (Å²) < 4.78 is 10.4. The monoisotopic (exact) mass is 298 g/mol. The predicted molar refractivity (Wildman–Crippen MR) is 68.7 cm³/mol. The number of hydrogen-bond acceptors (Lipinski definition) is 3. The van der Waals surface area contributed by atoms with Crippen molar-refractivity contribution in [3.63, 3.8) is 0 Å². The lowest BCUT2D eigenvalue weighted by atomic mass is 9.89. The first kappa shape index (κ1) is 12.4. The summed E-state index contributed by atoms with van der Waals surface area (Å²) in [5, 5.41) is 0. The molecule has 0 radical (unpaired) electrons. The molecule has 0 fully saturated rings. The molecule has 1 heterocycles. The van der Waals surface area contributed by atoms with E-state index in [1.807, 2.05) is 18.2 Å². The van der Waals surface area contributed by atoms with Crippen LogP contribution in [0.25, 0.3) is 0 Å². The van der Waals surface area contributed by atoms with Crippen LogP contribution in [0.15, 0.2) is 18.2 Å². The summed E-state index contributed by atoms with van der Waals surface area (Å²) in [6.07, 6.45) is 0.977. The van der Waals surface area contributed by atoms with E-state index in [2.05, 4.69) is 22.9 Å². The SMILES string of the molecule is COC(=O)C(Br)c1cccc2c1[C@@H](C)CCO2. The van der Waals surface area contributed by atoms with Crippen molar-refractivity contribution >= 4 is 21.9 Å². The van der Waals surface area contributed by atoms with E-state index in [0.717, 1.165) is 29.9 Å². The van der Waals surface area contributed by atoms with Gasteiger partial charge < -0.3 is 9.47 Å². The zero-order chi connectivity index (χ0) is 12.4. The van der Waals surface area contributed by atoms with Crippen molar-refractivity contribution in [2.24, 2.45) is 0 Å². The molecule has 4 heteroatoms. The topological polar surface area (TPSA) is 35.5 Å². The molecule has 0 aromatic heterocycles. The predicted octanol–water partition coefficient (Wildman–Crippen LogP) is 3.18. The number of carbonyl (C=O) groups is 1. The summed E-state index contributed by atoms with van der Waals surface area (Å²) in [6.45, 7) is 2.89. The van der Waals surface area contributed by atoms with E-state index in [1.165, 1.54) is 7.11 Å². The van der Waals surface area contributed by atoms with E-state index < -0.39 is 4.83 Å². The molecule has 17 heavy (non-hydrogen) atoms. The third-order valence-corrected chi connectivity index (χ3v) is 3.95. The van der Waals surface area contributed by atoms with Crippen molar-refractivity contribution in [3.8, 4) is 5.75 Å². The number of rotatable bonds is 2. The van der Waals surface area contributed by atoms with Gasteiger partial charge in [-0.2, -0.15) is 0 Å². The molecule has 1 aromatic rings. The van der Waals surface area contributed by atoms with Gasteiger partial charge in [0.2, 0.25) is 0 Å². The fourth-order valence-corrected chi connectivity index (χ4v) is 2.74. The van der Waals surface area contributed by atoms with Gasteiger partial charge in [0, 0.05) is 5.56 Å². The van der Waals surface area contributed by atoms with Gasteiger partial charge in [-0.15, -0.1) is 0 Å². The maximum atomic E-state index is 11.6. The van der Waals surface area contributed by atoms with Crippen molar-refractivity contribution in [1.29, 1.82) is 0 Å². The summed E-state index contributed by atoms with van der Waals surface area (Å²) in [5.41, 5.74) is 2.06. The minimum absolute atomic E-state index is 0.281. The van der Waals surface area contributed by atoms with Crippen LogP contribution in [0, 0.1) is 0 Å². The fourth-order valence-electron chi connectivity index (χ4n) is 2.16. The fraction of sp³-hybridized carbons (Fsp3) is 0.462. The Balaban J connectivity index is 2.44. The molecule has 0 N–H and O–H groups in total. The second-order valence-electron chi connectivity index (χ2n) is 4.18. The van der Waals surface area contributed by atoms with E-state index in [4.69, 9.17) is 9.47 Å². The van der Waals surface area contributed by atoms with Gasteiger partial charge in [0.25, 0.3) is 0 Å². The van der Waals surface area contributed by atoms with Crippen molar-refractivity contribution in [1.82, 2.24) is 0 Å². The molecule has 0 saturated carbocycles. The molecule has 0 spiro atoms. The number of benzene rings is 1. The van der Waals surface area contributed by atoms with Crippen LogP contribution in [-0.4, -0.2) is 19.7 Å². The lowest BCUT2D eigenvalue weighted by molar-refractivity contribution is -0.139. The number of alkyl halides is 1. The summed E-state index contributed by atoms with van der Waals surface area (Å²) in [4.78, 5) is 11.2. The van der Waals surface area contributed by atoms with Crippen LogP contribution >= 0.6 is 15.9 Å². The van der Waals surface area contributed by atoms with Gasteiger partial charge in [-0.3, -0.25) is 4.79 Å². The van der Waals surface area contributed by atoms with Gasteiger partial charge in [0.1, 0.15) is 10.6 Å². The molecule has 1 aromatic carbocycles.